The summed E-state index contributed by atoms with van der Waals surface area (Å²) in [6, 6.07) is -0.774. The van der Waals surface area contributed by atoms with Crippen molar-refractivity contribution in [3.05, 3.63) is 0 Å². The number of piperidine rings is 1. The highest BCUT2D eigenvalue weighted by Gasteiger charge is 2.33. The van der Waals surface area contributed by atoms with Crippen LogP contribution in [0, 0.1) is 5.41 Å². The molecule has 1 heterocycles. The highest BCUT2D eigenvalue weighted by atomic mass is 32.2. The molecular weight excluding hydrogens is 266 g/mol. The third kappa shape index (κ3) is 5.08. The first-order valence-corrected chi connectivity index (χ1v) is 8.41. The summed E-state index contributed by atoms with van der Waals surface area (Å²) in [7, 11) is -3.24. The van der Waals surface area contributed by atoms with Gasteiger partial charge in [0.25, 0.3) is 0 Å². The van der Waals surface area contributed by atoms with Crippen LogP contribution < -0.4 is 10.5 Å². The van der Waals surface area contributed by atoms with Crippen LogP contribution in [0.2, 0.25) is 0 Å². The quantitative estimate of drug-likeness (QED) is 0.759. The van der Waals surface area contributed by atoms with Crippen molar-refractivity contribution in [3.8, 4) is 0 Å². The summed E-state index contributed by atoms with van der Waals surface area (Å²) in [6.07, 6.45) is 2.67. The normalized spacial score (nSPS) is 23.2. The summed E-state index contributed by atoms with van der Waals surface area (Å²) in [5.74, 6) is -0.104. The van der Waals surface area contributed by atoms with Crippen molar-refractivity contribution in [2.24, 2.45) is 11.1 Å². The number of amides is 1. The van der Waals surface area contributed by atoms with Gasteiger partial charge in [0, 0.05) is 19.1 Å². The molecule has 0 aromatic carbocycles. The molecule has 1 fully saturated rings. The van der Waals surface area contributed by atoms with Gasteiger partial charge in [-0.05, 0) is 18.3 Å². The second kappa shape index (κ2) is 5.76. The van der Waals surface area contributed by atoms with Crippen LogP contribution in [-0.2, 0) is 14.8 Å². The second-order valence-electron chi connectivity index (χ2n) is 6.36. The molecule has 7 heteroatoms. The first-order valence-electron chi connectivity index (χ1n) is 6.52. The van der Waals surface area contributed by atoms with E-state index in [-0.39, 0.29) is 17.4 Å². The largest absolute Gasteiger partial charge is 0.340 e. The van der Waals surface area contributed by atoms with Gasteiger partial charge >= 0.3 is 0 Å². The molecule has 0 spiro atoms. The molecule has 2 atom stereocenters. The van der Waals surface area contributed by atoms with E-state index >= 15 is 0 Å². The molecule has 112 valence electrons. The van der Waals surface area contributed by atoms with Crippen molar-refractivity contribution in [2.75, 3.05) is 19.3 Å². The molecule has 1 saturated heterocycles. The van der Waals surface area contributed by atoms with E-state index in [1.165, 1.54) is 0 Å². The molecule has 0 bridgehead atoms. The predicted octanol–water partition coefficient (Wildman–Crippen LogP) is -0.1000. The molecule has 1 unspecified atom stereocenters. The van der Waals surface area contributed by atoms with Crippen molar-refractivity contribution < 1.29 is 13.2 Å². The lowest BCUT2D eigenvalue weighted by molar-refractivity contribution is -0.136. The highest BCUT2D eigenvalue weighted by molar-refractivity contribution is 7.88. The van der Waals surface area contributed by atoms with E-state index in [2.05, 4.69) is 4.72 Å². The average molecular weight is 291 g/mol. The zero-order chi connectivity index (χ0) is 14.8. The third-order valence-electron chi connectivity index (χ3n) is 3.31. The summed E-state index contributed by atoms with van der Waals surface area (Å²) in [4.78, 5) is 13.9. The van der Waals surface area contributed by atoms with Gasteiger partial charge in [-0.1, -0.05) is 20.8 Å². The summed E-state index contributed by atoms with van der Waals surface area (Å²) >= 11 is 0. The van der Waals surface area contributed by atoms with Crippen LogP contribution in [-0.4, -0.2) is 50.7 Å². The maximum Gasteiger partial charge on any atom is 0.240 e. The summed E-state index contributed by atoms with van der Waals surface area (Å²) in [5.41, 5.74) is 5.67. The Balaban J connectivity index is 2.67. The number of hydrogen-bond donors (Lipinski definition) is 2. The Hall–Kier alpha value is -0.660. The highest BCUT2D eigenvalue weighted by Crippen LogP contribution is 2.21. The Kier molecular flexibility index (Phi) is 4.97. The molecule has 0 saturated carbocycles. The number of nitrogens with zero attached hydrogens (tertiary/aromatic N) is 1. The van der Waals surface area contributed by atoms with E-state index < -0.39 is 16.1 Å². The van der Waals surface area contributed by atoms with Crippen molar-refractivity contribution in [3.63, 3.8) is 0 Å². The Morgan fingerprint density at radius 1 is 1.42 bits per heavy atom. The molecule has 0 aliphatic carbocycles. The molecule has 0 aromatic rings. The summed E-state index contributed by atoms with van der Waals surface area (Å²) in [6.45, 7) is 6.81. The zero-order valence-electron chi connectivity index (χ0n) is 12.1. The number of likely N-dealkylation sites (tertiary alicyclic amines) is 1. The summed E-state index contributed by atoms with van der Waals surface area (Å²) in [5, 5.41) is 0. The molecule has 3 N–H and O–H groups in total. The predicted molar refractivity (Wildman–Crippen MR) is 75.0 cm³/mol. The maximum absolute atomic E-state index is 12.3. The lowest BCUT2D eigenvalue weighted by Crippen LogP contribution is -2.56. The fraction of sp³-hybridized carbons (Fsp3) is 0.917. The van der Waals surface area contributed by atoms with E-state index in [0.717, 1.165) is 19.1 Å². The molecule has 0 radical (unpaired) electrons. The van der Waals surface area contributed by atoms with Gasteiger partial charge in [-0.2, -0.15) is 0 Å². The van der Waals surface area contributed by atoms with E-state index in [1.807, 2.05) is 20.8 Å². The van der Waals surface area contributed by atoms with E-state index in [1.54, 1.807) is 4.90 Å². The molecule has 0 aromatic heterocycles. The van der Waals surface area contributed by atoms with Crippen LogP contribution >= 0.6 is 0 Å². The lowest BCUT2D eigenvalue weighted by Gasteiger charge is -2.37. The lowest BCUT2D eigenvalue weighted by atomic mass is 9.86. The van der Waals surface area contributed by atoms with Gasteiger partial charge < -0.3 is 10.6 Å². The van der Waals surface area contributed by atoms with Gasteiger partial charge in [0.1, 0.15) is 0 Å². The maximum atomic E-state index is 12.3. The monoisotopic (exact) mass is 291 g/mol. The fourth-order valence-electron chi connectivity index (χ4n) is 2.14. The molecule has 6 nitrogen and oxygen atoms in total. The van der Waals surface area contributed by atoms with E-state index in [4.69, 9.17) is 5.73 Å². The van der Waals surface area contributed by atoms with E-state index in [0.29, 0.717) is 13.1 Å². The Bertz CT molecular complexity index is 428. The van der Waals surface area contributed by atoms with Gasteiger partial charge in [-0.15, -0.1) is 0 Å². The molecule has 1 aliphatic rings. The van der Waals surface area contributed by atoms with Gasteiger partial charge in [0.05, 0.1) is 12.3 Å². The molecule has 1 rings (SSSR count). The first kappa shape index (κ1) is 16.4. The number of rotatable bonds is 3. The second-order valence-corrected chi connectivity index (χ2v) is 8.14. The van der Waals surface area contributed by atoms with Gasteiger partial charge in [0.2, 0.25) is 15.9 Å². The van der Waals surface area contributed by atoms with E-state index in [9.17, 15) is 13.2 Å². The number of nitrogens with one attached hydrogen (secondary N) is 1. The number of carbonyl (C=O) groups is 1. The molecule has 1 amide bonds. The van der Waals surface area contributed by atoms with Crippen molar-refractivity contribution >= 4 is 15.9 Å². The smallest absolute Gasteiger partial charge is 0.240 e. The minimum absolute atomic E-state index is 0.104. The fourth-order valence-corrected chi connectivity index (χ4v) is 2.94. The van der Waals surface area contributed by atoms with Crippen LogP contribution in [0.25, 0.3) is 0 Å². The Labute approximate surface area is 115 Å². The van der Waals surface area contributed by atoms with Crippen LogP contribution in [0.4, 0.5) is 0 Å². The molecular formula is C12H25N3O3S. The van der Waals surface area contributed by atoms with Crippen molar-refractivity contribution in [2.45, 2.75) is 45.7 Å². The minimum atomic E-state index is -3.24. The summed E-state index contributed by atoms with van der Waals surface area (Å²) < 4.78 is 25.0. The SMILES string of the molecule is CC(C)(C)[C@@H](N)C(=O)N1CCCC(NS(C)(=O)=O)C1. The number of nitrogens with two attached hydrogens (primary N) is 1. The van der Waals surface area contributed by atoms with Crippen LogP contribution in [0.5, 0.6) is 0 Å². The minimum Gasteiger partial charge on any atom is -0.340 e. The van der Waals surface area contributed by atoms with Crippen molar-refractivity contribution in [1.29, 1.82) is 0 Å². The number of sulfonamides is 1. The Morgan fingerprint density at radius 2 is 2.00 bits per heavy atom. The standard InChI is InChI=1S/C12H25N3O3S/c1-12(2,3)10(13)11(16)15-7-5-6-9(8-15)14-19(4,17)18/h9-10,14H,5-8,13H2,1-4H3/t9?,10-/m0/s1. The number of carbonyl (C=O) groups excluding carboxylic acids is 1. The van der Waals surface area contributed by atoms with Crippen molar-refractivity contribution in [1.82, 2.24) is 9.62 Å². The molecule has 19 heavy (non-hydrogen) atoms. The average Bonchev–Trinajstić information content (AvgIpc) is 2.23. The van der Waals surface area contributed by atoms with Gasteiger partial charge in [0.15, 0.2) is 0 Å². The van der Waals surface area contributed by atoms with Crippen LogP contribution in [0.3, 0.4) is 0 Å². The third-order valence-corrected chi connectivity index (χ3v) is 4.07. The topological polar surface area (TPSA) is 92.5 Å². The van der Waals surface area contributed by atoms with Crippen LogP contribution in [0.1, 0.15) is 33.6 Å². The van der Waals surface area contributed by atoms with Gasteiger partial charge in [-0.3, -0.25) is 4.79 Å². The van der Waals surface area contributed by atoms with Crippen LogP contribution in [0.15, 0.2) is 0 Å². The molecule has 1 aliphatic heterocycles. The zero-order valence-corrected chi connectivity index (χ0v) is 13.0. The number of hydrogen-bond acceptors (Lipinski definition) is 4. The first-order chi connectivity index (χ1) is 8.50. The van der Waals surface area contributed by atoms with Gasteiger partial charge in [-0.25, -0.2) is 13.1 Å². The Morgan fingerprint density at radius 3 is 2.47 bits per heavy atom.